The standard InChI is InChI=1S/C29H27F3N8O2/c30-29(31,32)19-7-10-34-21(13-19)37-26(41)17-3-1-16(2-4-17)22-23-24(33)35-11-12-39(23)25(38-22)18-5-6-20-14-36-28(8-9-28)27(42)40(20)15-18/h1-4,7,10-13,18,20,36H,5-6,8-9,14-15H2,(H2,33,35)(H,34,37,41)/t18?,20-/m0/s1. The number of nitrogens with zero attached hydrogens (tertiary/aromatic N) is 5. The maximum atomic E-state index is 13.2. The van der Waals surface area contributed by atoms with Crippen LogP contribution in [-0.2, 0) is 11.0 Å². The number of benzene rings is 1. The number of piperazine rings is 1. The SMILES string of the molecule is Nc1nccn2c(C3CC[C@H]4CNC5(CC5)C(=O)N4C3)nc(-c3ccc(C(=O)Nc4cc(C(F)(F)F)ccn4)cc3)c12. The molecule has 10 nitrogen and oxygen atoms in total. The molecule has 3 aliphatic rings. The highest BCUT2D eigenvalue weighted by molar-refractivity contribution is 6.04. The Labute approximate surface area is 238 Å². The topological polar surface area (TPSA) is 131 Å². The Balaban J connectivity index is 1.16. The van der Waals surface area contributed by atoms with Crippen LogP contribution < -0.4 is 16.4 Å². The summed E-state index contributed by atoms with van der Waals surface area (Å²) in [7, 11) is 0. The number of piperidine rings is 1. The lowest BCUT2D eigenvalue weighted by Gasteiger charge is -2.45. The average Bonchev–Trinajstić information content (AvgIpc) is 3.66. The molecular formula is C29H27F3N8O2. The van der Waals surface area contributed by atoms with E-state index < -0.39 is 17.6 Å². The van der Waals surface area contributed by atoms with Gasteiger partial charge in [-0.1, -0.05) is 12.1 Å². The lowest BCUT2D eigenvalue weighted by atomic mass is 9.89. The van der Waals surface area contributed by atoms with E-state index in [2.05, 4.69) is 20.6 Å². The predicted octanol–water partition coefficient (Wildman–Crippen LogP) is 3.86. The summed E-state index contributed by atoms with van der Waals surface area (Å²) >= 11 is 0. The Hall–Kier alpha value is -4.52. The second-order valence-electron chi connectivity index (χ2n) is 11.2. The highest BCUT2D eigenvalue weighted by Gasteiger charge is 2.56. The molecule has 1 spiro atoms. The number of pyridine rings is 1. The van der Waals surface area contributed by atoms with Gasteiger partial charge in [-0.15, -0.1) is 0 Å². The highest BCUT2D eigenvalue weighted by Crippen LogP contribution is 2.43. The van der Waals surface area contributed by atoms with Gasteiger partial charge in [-0.25, -0.2) is 15.0 Å². The van der Waals surface area contributed by atoms with Gasteiger partial charge in [0.1, 0.15) is 28.7 Å². The molecule has 2 aliphatic heterocycles. The van der Waals surface area contributed by atoms with Crippen molar-refractivity contribution in [2.75, 3.05) is 24.1 Å². The number of carbonyl (C=O) groups excluding carboxylic acids is 2. The van der Waals surface area contributed by atoms with Gasteiger partial charge >= 0.3 is 6.18 Å². The van der Waals surface area contributed by atoms with Gasteiger partial charge in [0.05, 0.1) is 11.1 Å². The Kier molecular flexibility index (Phi) is 5.98. The summed E-state index contributed by atoms with van der Waals surface area (Å²) in [6.45, 7) is 1.39. The van der Waals surface area contributed by atoms with Gasteiger partial charge in [-0.3, -0.25) is 14.0 Å². The number of fused-ring (bicyclic) bond motifs is 2. The smallest absolute Gasteiger partial charge is 0.382 e. The molecule has 2 saturated heterocycles. The fourth-order valence-corrected chi connectivity index (χ4v) is 6.10. The fraction of sp³-hybridized carbons (Fsp3) is 0.345. The molecule has 1 aliphatic carbocycles. The molecule has 3 fully saturated rings. The van der Waals surface area contributed by atoms with Gasteiger partial charge in [-0.2, -0.15) is 13.2 Å². The molecule has 216 valence electrons. The number of nitrogen functional groups attached to an aromatic ring is 1. The zero-order chi connectivity index (χ0) is 29.2. The van der Waals surface area contributed by atoms with Crippen LogP contribution in [0, 0.1) is 0 Å². The summed E-state index contributed by atoms with van der Waals surface area (Å²) in [6.07, 6.45) is 3.37. The largest absolute Gasteiger partial charge is 0.416 e. The van der Waals surface area contributed by atoms with E-state index in [1.807, 2.05) is 15.5 Å². The van der Waals surface area contributed by atoms with Crippen LogP contribution in [0.2, 0.25) is 0 Å². The summed E-state index contributed by atoms with van der Waals surface area (Å²) in [4.78, 5) is 41.1. The maximum Gasteiger partial charge on any atom is 0.416 e. The molecule has 1 saturated carbocycles. The number of alkyl halides is 3. The van der Waals surface area contributed by atoms with Crippen molar-refractivity contribution in [2.24, 2.45) is 0 Å². The second kappa shape index (κ2) is 9.51. The van der Waals surface area contributed by atoms with Gasteiger partial charge < -0.3 is 21.3 Å². The molecule has 3 aromatic heterocycles. The molecule has 0 radical (unpaired) electrons. The third kappa shape index (κ3) is 4.44. The minimum Gasteiger partial charge on any atom is -0.382 e. The number of imidazole rings is 1. The van der Waals surface area contributed by atoms with Gasteiger partial charge in [0, 0.05) is 54.8 Å². The number of hydrogen-bond acceptors (Lipinski definition) is 7. The molecule has 1 unspecified atom stereocenters. The summed E-state index contributed by atoms with van der Waals surface area (Å²) in [5.41, 5.74) is 7.19. The lowest BCUT2D eigenvalue weighted by molar-refractivity contribution is -0.142. The Morgan fingerprint density at radius 2 is 1.88 bits per heavy atom. The normalized spacial score (nSPS) is 21.4. The van der Waals surface area contributed by atoms with E-state index in [0.717, 1.165) is 56.4 Å². The van der Waals surface area contributed by atoms with E-state index in [1.165, 1.54) is 0 Å². The Morgan fingerprint density at radius 1 is 1.10 bits per heavy atom. The van der Waals surface area contributed by atoms with Crippen molar-refractivity contribution in [3.63, 3.8) is 0 Å². The molecule has 1 aromatic carbocycles. The molecule has 7 rings (SSSR count). The zero-order valence-electron chi connectivity index (χ0n) is 22.4. The Bertz CT molecular complexity index is 1710. The molecule has 2 atom stereocenters. The maximum absolute atomic E-state index is 13.2. The lowest BCUT2D eigenvalue weighted by Crippen LogP contribution is -2.63. The third-order valence-corrected chi connectivity index (χ3v) is 8.53. The van der Waals surface area contributed by atoms with Gasteiger partial charge in [0.15, 0.2) is 0 Å². The number of carbonyl (C=O) groups is 2. The van der Waals surface area contributed by atoms with Gasteiger partial charge in [0.25, 0.3) is 5.91 Å². The quantitative estimate of drug-likeness (QED) is 0.336. The molecule has 42 heavy (non-hydrogen) atoms. The molecule has 5 heterocycles. The van der Waals surface area contributed by atoms with E-state index in [4.69, 9.17) is 10.7 Å². The van der Waals surface area contributed by atoms with Gasteiger partial charge in [0.2, 0.25) is 5.91 Å². The number of nitrogens with two attached hydrogens (primary N) is 1. The van der Waals surface area contributed by atoms with Crippen molar-refractivity contribution in [3.8, 4) is 11.3 Å². The average molecular weight is 577 g/mol. The minimum absolute atomic E-state index is 0.00663. The van der Waals surface area contributed by atoms with Crippen molar-refractivity contribution in [1.82, 2.24) is 29.6 Å². The number of aromatic nitrogens is 4. The van der Waals surface area contributed by atoms with Gasteiger partial charge in [-0.05, 0) is 49.9 Å². The van der Waals surface area contributed by atoms with Crippen molar-refractivity contribution in [3.05, 3.63) is 71.9 Å². The van der Waals surface area contributed by atoms with Crippen LogP contribution in [0.25, 0.3) is 16.8 Å². The first-order chi connectivity index (χ1) is 20.1. The van der Waals surface area contributed by atoms with Crippen LogP contribution in [0.3, 0.4) is 0 Å². The summed E-state index contributed by atoms with van der Waals surface area (Å²) in [5.74, 6) is 0.476. The minimum atomic E-state index is -4.55. The summed E-state index contributed by atoms with van der Waals surface area (Å²) in [6, 6.07) is 8.35. The van der Waals surface area contributed by atoms with Crippen LogP contribution in [0.1, 0.15) is 53.3 Å². The van der Waals surface area contributed by atoms with Crippen LogP contribution >= 0.6 is 0 Å². The molecule has 13 heteroatoms. The number of anilines is 2. The monoisotopic (exact) mass is 576 g/mol. The molecule has 4 aromatic rings. The highest BCUT2D eigenvalue weighted by atomic mass is 19.4. The molecular weight excluding hydrogens is 549 g/mol. The van der Waals surface area contributed by atoms with E-state index in [-0.39, 0.29) is 34.8 Å². The molecule has 0 bridgehead atoms. The van der Waals surface area contributed by atoms with Crippen molar-refractivity contribution in [2.45, 2.75) is 49.4 Å². The van der Waals surface area contributed by atoms with Crippen LogP contribution in [0.4, 0.5) is 24.8 Å². The van der Waals surface area contributed by atoms with E-state index in [0.29, 0.717) is 29.1 Å². The molecule has 4 N–H and O–H groups in total. The number of hydrogen-bond donors (Lipinski definition) is 3. The van der Waals surface area contributed by atoms with Crippen molar-refractivity contribution >= 4 is 29.0 Å². The number of amides is 2. The van der Waals surface area contributed by atoms with E-state index in [9.17, 15) is 22.8 Å². The molecule has 2 amide bonds. The van der Waals surface area contributed by atoms with Crippen molar-refractivity contribution < 1.29 is 22.8 Å². The Morgan fingerprint density at radius 3 is 2.62 bits per heavy atom. The number of halogens is 3. The van der Waals surface area contributed by atoms with E-state index >= 15 is 0 Å². The van der Waals surface area contributed by atoms with Crippen LogP contribution in [0.5, 0.6) is 0 Å². The predicted molar refractivity (Wildman–Crippen MR) is 147 cm³/mol. The fourth-order valence-electron chi connectivity index (χ4n) is 6.10. The first-order valence-corrected chi connectivity index (χ1v) is 13.8. The first kappa shape index (κ1) is 26.4. The van der Waals surface area contributed by atoms with E-state index in [1.54, 1.807) is 30.5 Å². The second-order valence-corrected chi connectivity index (χ2v) is 11.2. The zero-order valence-corrected chi connectivity index (χ0v) is 22.4. The summed E-state index contributed by atoms with van der Waals surface area (Å²) < 4.78 is 41.0. The summed E-state index contributed by atoms with van der Waals surface area (Å²) in [5, 5.41) is 5.87. The first-order valence-electron chi connectivity index (χ1n) is 13.8. The van der Waals surface area contributed by atoms with Crippen LogP contribution in [-0.4, -0.2) is 60.7 Å². The van der Waals surface area contributed by atoms with Crippen LogP contribution in [0.15, 0.2) is 55.0 Å². The number of nitrogens with one attached hydrogen (secondary N) is 2. The van der Waals surface area contributed by atoms with Crippen molar-refractivity contribution in [1.29, 1.82) is 0 Å². The number of rotatable bonds is 4. The third-order valence-electron chi connectivity index (χ3n) is 8.53.